The molecule has 0 aliphatic carbocycles. The Bertz CT molecular complexity index is 937. The zero-order valence-electron chi connectivity index (χ0n) is 14.4. The van der Waals surface area contributed by atoms with E-state index in [9.17, 15) is 9.50 Å². The number of benzene rings is 1. The van der Waals surface area contributed by atoms with E-state index in [4.69, 9.17) is 0 Å². The van der Waals surface area contributed by atoms with Crippen molar-refractivity contribution in [3.63, 3.8) is 0 Å². The predicted octanol–water partition coefficient (Wildman–Crippen LogP) is 3.34. The number of pyridine rings is 1. The Morgan fingerprint density at radius 2 is 2.08 bits per heavy atom. The van der Waals surface area contributed by atoms with Crippen LogP contribution in [0.1, 0.15) is 36.5 Å². The molecule has 5 nitrogen and oxygen atoms in total. The molecule has 1 atom stereocenters. The largest absolute Gasteiger partial charge is 0.387 e. The molecular formula is C19H21FN4O. The van der Waals surface area contributed by atoms with E-state index in [1.54, 1.807) is 12.1 Å². The SMILES string of the molecule is CC[C@@H](O)c1cc2n(n1)CCN(c1cc(C)nc3ccc(F)cc13)C2. The number of hydrogen-bond donors (Lipinski definition) is 1. The van der Waals surface area contributed by atoms with E-state index in [1.165, 1.54) is 6.07 Å². The topological polar surface area (TPSA) is 54.2 Å². The lowest BCUT2D eigenvalue weighted by molar-refractivity contribution is 0.168. The summed E-state index contributed by atoms with van der Waals surface area (Å²) >= 11 is 0. The summed E-state index contributed by atoms with van der Waals surface area (Å²) in [5.74, 6) is -0.255. The smallest absolute Gasteiger partial charge is 0.124 e. The van der Waals surface area contributed by atoms with Crippen molar-refractivity contribution in [1.82, 2.24) is 14.8 Å². The average molecular weight is 340 g/mol. The standard InChI is InChI=1S/C19H21FN4O/c1-3-19(25)17-10-14-11-23(6-7-24(14)22-17)18-8-12(2)21-16-5-4-13(20)9-15(16)18/h4-5,8-10,19,25H,3,6-7,11H2,1-2H3/t19-/m1/s1. The van der Waals surface area contributed by atoms with Crippen molar-refractivity contribution in [3.8, 4) is 0 Å². The van der Waals surface area contributed by atoms with Gasteiger partial charge in [0, 0.05) is 23.3 Å². The number of anilines is 1. The fraction of sp³-hybridized carbons (Fsp3) is 0.368. The van der Waals surface area contributed by atoms with Gasteiger partial charge in [-0.3, -0.25) is 9.67 Å². The lowest BCUT2D eigenvalue weighted by atomic mass is 10.1. The summed E-state index contributed by atoms with van der Waals surface area (Å²) in [4.78, 5) is 6.74. The number of rotatable bonds is 3. The van der Waals surface area contributed by atoms with Crippen LogP contribution in [0.15, 0.2) is 30.3 Å². The maximum atomic E-state index is 13.8. The fourth-order valence-electron chi connectivity index (χ4n) is 3.44. The lowest BCUT2D eigenvalue weighted by Crippen LogP contribution is -2.34. The van der Waals surface area contributed by atoms with Crippen LogP contribution >= 0.6 is 0 Å². The molecule has 25 heavy (non-hydrogen) atoms. The highest BCUT2D eigenvalue weighted by molar-refractivity contribution is 5.92. The molecule has 1 N–H and O–H groups in total. The van der Waals surface area contributed by atoms with E-state index < -0.39 is 6.10 Å². The normalized spacial score (nSPS) is 15.4. The van der Waals surface area contributed by atoms with Gasteiger partial charge in [-0.1, -0.05) is 6.92 Å². The number of halogens is 1. The summed E-state index contributed by atoms with van der Waals surface area (Å²) in [6.45, 7) is 6.10. The van der Waals surface area contributed by atoms with Crippen molar-refractivity contribution in [1.29, 1.82) is 0 Å². The molecule has 2 aromatic heterocycles. The second-order valence-electron chi connectivity index (χ2n) is 6.57. The van der Waals surface area contributed by atoms with Crippen LogP contribution in [0.5, 0.6) is 0 Å². The summed E-state index contributed by atoms with van der Waals surface area (Å²) in [6, 6.07) is 8.70. The average Bonchev–Trinajstić information content (AvgIpc) is 3.04. The molecule has 130 valence electrons. The first-order valence-corrected chi connectivity index (χ1v) is 8.61. The molecule has 0 fully saturated rings. The van der Waals surface area contributed by atoms with E-state index in [0.717, 1.165) is 46.8 Å². The first-order valence-electron chi connectivity index (χ1n) is 8.61. The van der Waals surface area contributed by atoms with Gasteiger partial charge in [-0.15, -0.1) is 0 Å². The third-order valence-electron chi connectivity index (χ3n) is 4.76. The van der Waals surface area contributed by atoms with E-state index in [1.807, 2.05) is 30.7 Å². The quantitative estimate of drug-likeness (QED) is 0.794. The minimum Gasteiger partial charge on any atom is -0.387 e. The van der Waals surface area contributed by atoms with Crippen molar-refractivity contribution in [2.75, 3.05) is 11.4 Å². The Balaban J connectivity index is 1.73. The second kappa shape index (κ2) is 6.11. The van der Waals surface area contributed by atoms with E-state index in [0.29, 0.717) is 13.0 Å². The fourth-order valence-corrected chi connectivity index (χ4v) is 3.44. The third kappa shape index (κ3) is 2.87. The van der Waals surface area contributed by atoms with Gasteiger partial charge in [0.05, 0.1) is 36.1 Å². The van der Waals surface area contributed by atoms with Gasteiger partial charge in [0.25, 0.3) is 0 Å². The Morgan fingerprint density at radius 3 is 2.88 bits per heavy atom. The molecule has 1 aliphatic heterocycles. The maximum Gasteiger partial charge on any atom is 0.124 e. The molecule has 0 saturated heterocycles. The van der Waals surface area contributed by atoms with Gasteiger partial charge < -0.3 is 10.0 Å². The minimum atomic E-state index is -0.523. The summed E-state index contributed by atoms with van der Waals surface area (Å²) in [7, 11) is 0. The summed E-state index contributed by atoms with van der Waals surface area (Å²) in [5, 5.41) is 15.4. The van der Waals surface area contributed by atoms with Crippen molar-refractivity contribution >= 4 is 16.6 Å². The van der Waals surface area contributed by atoms with Gasteiger partial charge in [-0.25, -0.2) is 4.39 Å². The van der Waals surface area contributed by atoms with Gasteiger partial charge in [0.15, 0.2) is 0 Å². The summed E-state index contributed by atoms with van der Waals surface area (Å²) < 4.78 is 15.7. The van der Waals surface area contributed by atoms with Crippen LogP contribution in [-0.4, -0.2) is 26.4 Å². The van der Waals surface area contributed by atoms with Gasteiger partial charge in [-0.05, 0) is 43.7 Å². The van der Waals surface area contributed by atoms with Crippen LogP contribution in [0.2, 0.25) is 0 Å². The number of fused-ring (bicyclic) bond motifs is 2. The van der Waals surface area contributed by atoms with Gasteiger partial charge in [-0.2, -0.15) is 5.10 Å². The molecule has 1 aliphatic rings. The Hall–Kier alpha value is -2.47. The molecule has 0 spiro atoms. The number of aliphatic hydroxyl groups excluding tert-OH is 1. The third-order valence-corrected chi connectivity index (χ3v) is 4.76. The first-order chi connectivity index (χ1) is 12.0. The van der Waals surface area contributed by atoms with Crippen LogP contribution in [0, 0.1) is 12.7 Å². The molecule has 3 heterocycles. The Kier molecular flexibility index (Phi) is 3.92. The van der Waals surface area contributed by atoms with Crippen LogP contribution in [0.4, 0.5) is 10.1 Å². The van der Waals surface area contributed by atoms with Crippen molar-refractivity contribution in [2.24, 2.45) is 0 Å². The number of hydrogen-bond acceptors (Lipinski definition) is 4. The van der Waals surface area contributed by atoms with E-state index in [-0.39, 0.29) is 5.82 Å². The van der Waals surface area contributed by atoms with Crippen molar-refractivity contribution in [2.45, 2.75) is 39.5 Å². The number of nitrogens with zero attached hydrogens (tertiary/aromatic N) is 4. The van der Waals surface area contributed by atoms with Crippen molar-refractivity contribution < 1.29 is 9.50 Å². The van der Waals surface area contributed by atoms with E-state index >= 15 is 0 Å². The summed E-state index contributed by atoms with van der Waals surface area (Å²) in [6.07, 6.45) is 0.123. The first kappa shape index (κ1) is 16.0. The lowest BCUT2D eigenvalue weighted by Gasteiger charge is -2.30. The monoisotopic (exact) mass is 340 g/mol. The maximum absolute atomic E-state index is 13.8. The van der Waals surface area contributed by atoms with Crippen LogP contribution < -0.4 is 4.90 Å². The molecule has 0 radical (unpaired) electrons. The molecule has 0 unspecified atom stereocenters. The molecule has 6 heteroatoms. The van der Waals surface area contributed by atoms with Gasteiger partial charge in [0.2, 0.25) is 0 Å². The van der Waals surface area contributed by atoms with Crippen LogP contribution in [-0.2, 0) is 13.1 Å². The highest BCUT2D eigenvalue weighted by atomic mass is 19.1. The minimum absolute atomic E-state index is 0.255. The highest BCUT2D eigenvalue weighted by Crippen LogP contribution is 2.30. The second-order valence-corrected chi connectivity index (χ2v) is 6.57. The van der Waals surface area contributed by atoms with Crippen LogP contribution in [0.25, 0.3) is 10.9 Å². The van der Waals surface area contributed by atoms with Crippen molar-refractivity contribution in [3.05, 3.63) is 53.2 Å². The molecule has 1 aromatic carbocycles. The zero-order chi connectivity index (χ0) is 17.6. The molecule has 3 aromatic rings. The van der Waals surface area contributed by atoms with Gasteiger partial charge >= 0.3 is 0 Å². The number of aromatic nitrogens is 3. The Morgan fingerprint density at radius 1 is 1.24 bits per heavy atom. The van der Waals surface area contributed by atoms with Gasteiger partial charge in [0.1, 0.15) is 5.82 Å². The highest BCUT2D eigenvalue weighted by Gasteiger charge is 2.22. The van der Waals surface area contributed by atoms with E-state index in [2.05, 4.69) is 15.0 Å². The molecule has 0 bridgehead atoms. The molecule has 0 saturated carbocycles. The number of aryl methyl sites for hydroxylation is 1. The summed E-state index contributed by atoms with van der Waals surface area (Å²) in [5.41, 5.74) is 4.49. The predicted molar refractivity (Wildman–Crippen MR) is 95.0 cm³/mol. The zero-order valence-corrected chi connectivity index (χ0v) is 14.4. The Labute approximate surface area is 145 Å². The molecule has 0 amide bonds. The molecule has 4 rings (SSSR count). The molecular weight excluding hydrogens is 319 g/mol. The number of aliphatic hydroxyl groups is 1. The van der Waals surface area contributed by atoms with Crippen LogP contribution in [0.3, 0.4) is 0 Å².